The van der Waals surface area contributed by atoms with Crippen LogP contribution in [-0.4, -0.2) is 32.1 Å². The lowest BCUT2D eigenvalue weighted by atomic mass is 9.96. The first kappa shape index (κ1) is 17.6. The Bertz CT molecular complexity index is 605. The molecule has 0 unspecified atom stereocenters. The van der Waals surface area contributed by atoms with Gasteiger partial charge in [-0.15, -0.1) is 0 Å². The van der Waals surface area contributed by atoms with Crippen molar-refractivity contribution in [3.05, 3.63) is 64.7 Å². The van der Waals surface area contributed by atoms with Crippen LogP contribution in [0.4, 0.5) is 0 Å². The quantitative estimate of drug-likeness (QED) is 0.713. The van der Waals surface area contributed by atoms with E-state index < -0.39 is 0 Å². The van der Waals surface area contributed by atoms with Gasteiger partial charge in [0.05, 0.1) is 0 Å². The van der Waals surface area contributed by atoms with E-state index in [-0.39, 0.29) is 0 Å². The molecule has 2 aromatic rings. The van der Waals surface area contributed by atoms with E-state index in [0.29, 0.717) is 0 Å². The van der Waals surface area contributed by atoms with Gasteiger partial charge in [0.1, 0.15) is 12.4 Å². The van der Waals surface area contributed by atoms with Crippen LogP contribution in [0.1, 0.15) is 35.6 Å². The van der Waals surface area contributed by atoms with E-state index in [1.165, 1.54) is 22.3 Å². The van der Waals surface area contributed by atoms with Crippen molar-refractivity contribution >= 4 is 0 Å². The summed E-state index contributed by atoms with van der Waals surface area (Å²) in [7, 11) is 4.15. The van der Waals surface area contributed by atoms with Crippen LogP contribution in [0.15, 0.2) is 42.5 Å². The minimum absolute atomic E-state index is 0.737. The summed E-state index contributed by atoms with van der Waals surface area (Å²) in [4.78, 5) is 2.15. The Balaban J connectivity index is 2.19. The highest BCUT2D eigenvalue weighted by atomic mass is 16.5. The molecular weight excluding hydrogens is 282 g/mol. The SMILES string of the molecule is CCCc1cc(Cc2ccccc2)c(C)cc1OCCN(C)C. The topological polar surface area (TPSA) is 12.5 Å². The highest BCUT2D eigenvalue weighted by Crippen LogP contribution is 2.26. The highest BCUT2D eigenvalue weighted by molar-refractivity contribution is 5.44. The van der Waals surface area contributed by atoms with Crippen molar-refractivity contribution in [2.45, 2.75) is 33.1 Å². The van der Waals surface area contributed by atoms with Crippen LogP contribution < -0.4 is 4.74 Å². The van der Waals surface area contributed by atoms with Gasteiger partial charge in [0.2, 0.25) is 0 Å². The summed E-state index contributed by atoms with van der Waals surface area (Å²) in [6.07, 6.45) is 3.19. The Morgan fingerprint density at radius 2 is 1.74 bits per heavy atom. The molecule has 0 radical (unpaired) electrons. The zero-order valence-electron chi connectivity index (χ0n) is 14.9. The first-order valence-corrected chi connectivity index (χ1v) is 8.54. The van der Waals surface area contributed by atoms with Crippen molar-refractivity contribution in [3.8, 4) is 5.75 Å². The minimum atomic E-state index is 0.737. The smallest absolute Gasteiger partial charge is 0.122 e. The predicted octanol–water partition coefficient (Wildman–Crippen LogP) is 4.48. The lowest BCUT2D eigenvalue weighted by Crippen LogP contribution is -2.19. The molecule has 2 rings (SSSR count). The molecule has 0 N–H and O–H groups in total. The largest absolute Gasteiger partial charge is 0.492 e. The van der Waals surface area contributed by atoms with Crippen LogP contribution in [0.25, 0.3) is 0 Å². The zero-order chi connectivity index (χ0) is 16.7. The molecule has 0 amide bonds. The van der Waals surface area contributed by atoms with Gasteiger partial charge in [-0.3, -0.25) is 0 Å². The zero-order valence-corrected chi connectivity index (χ0v) is 14.9. The van der Waals surface area contributed by atoms with Crippen molar-refractivity contribution in [1.29, 1.82) is 0 Å². The fourth-order valence-corrected chi connectivity index (χ4v) is 2.72. The Hall–Kier alpha value is -1.80. The first-order chi connectivity index (χ1) is 11.1. The second kappa shape index (κ2) is 8.73. The third kappa shape index (κ3) is 5.40. The minimum Gasteiger partial charge on any atom is -0.492 e. The fourth-order valence-electron chi connectivity index (χ4n) is 2.72. The van der Waals surface area contributed by atoms with Crippen molar-refractivity contribution in [2.24, 2.45) is 0 Å². The molecular formula is C21H29NO. The van der Waals surface area contributed by atoms with E-state index in [0.717, 1.165) is 38.2 Å². The van der Waals surface area contributed by atoms with Crippen LogP contribution in [0.5, 0.6) is 5.75 Å². The third-order valence-corrected chi connectivity index (χ3v) is 4.07. The van der Waals surface area contributed by atoms with Gasteiger partial charge in [0, 0.05) is 6.54 Å². The molecule has 0 spiro atoms. The van der Waals surface area contributed by atoms with E-state index in [1.54, 1.807) is 0 Å². The second-order valence-electron chi connectivity index (χ2n) is 6.45. The van der Waals surface area contributed by atoms with Gasteiger partial charge in [-0.1, -0.05) is 49.7 Å². The first-order valence-electron chi connectivity index (χ1n) is 8.54. The van der Waals surface area contributed by atoms with Crippen LogP contribution >= 0.6 is 0 Å². The summed E-state index contributed by atoms with van der Waals surface area (Å²) in [5.41, 5.74) is 5.41. The number of rotatable bonds is 8. The van der Waals surface area contributed by atoms with Crippen LogP contribution in [-0.2, 0) is 12.8 Å². The van der Waals surface area contributed by atoms with Gasteiger partial charge < -0.3 is 9.64 Å². The van der Waals surface area contributed by atoms with E-state index in [1.807, 2.05) is 0 Å². The van der Waals surface area contributed by atoms with Crippen molar-refractivity contribution < 1.29 is 4.74 Å². The number of benzene rings is 2. The molecule has 0 heterocycles. The molecule has 0 bridgehead atoms. The molecule has 2 nitrogen and oxygen atoms in total. The monoisotopic (exact) mass is 311 g/mol. The molecule has 23 heavy (non-hydrogen) atoms. The van der Waals surface area contributed by atoms with E-state index >= 15 is 0 Å². The maximum atomic E-state index is 6.04. The van der Waals surface area contributed by atoms with Crippen molar-refractivity contribution in [2.75, 3.05) is 27.2 Å². The maximum Gasteiger partial charge on any atom is 0.122 e. The van der Waals surface area contributed by atoms with Gasteiger partial charge in [0.25, 0.3) is 0 Å². The molecule has 0 aliphatic carbocycles. The molecule has 2 aromatic carbocycles. The molecule has 124 valence electrons. The van der Waals surface area contributed by atoms with Gasteiger partial charge >= 0.3 is 0 Å². The van der Waals surface area contributed by atoms with Gasteiger partial charge in [-0.2, -0.15) is 0 Å². The van der Waals surface area contributed by atoms with Crippen molar-refractivity contribution in [3.63, 3.8) is 0 Å². The average molecular weight is 311 g/mol. The Labute approximate surface area is 141 Å². The number of hydrogen-bond acceptors (Lipinski definition) is 2. The standard InChI is InChI=1S/C21H29NO/c1-5-9-19-16-20(15-18-10-7-6-8-11-18)17(2)14-21(19)23-13-12-22(3)4/h6-8,10-11,14,16H,5,9,12-13,15H2,1-4H3. The Morgan fingerprint density at radius 1 is 1.00 bits per heavy atom. The number of aryl methyl sites for hydroxylation is 2. The number of ether oxygens (including phenoxy) is 1. The molecule has 0 atom stereocenters. The molecule has 0 aliphatic rings. The Morgan fingerprint density at radius 3 is 2.39 bits per heavy atom. The van der Waals surface area contributed by atoms with Gasteiger partial charge in [-0.05, 0) is 62.2 Å². The van der Waals surface area contributed by atoms with Gasteiger partial charge in [0.15, 0.2) is 0 Å². The van der Waals surface area contributed by atoms with E-state index in [9.17, 15) is 0 Å². The predicted molar refractivity (Wildman–Crippen MR) is 98.5 cm³/mol. The summed E-state index contributed by atoms with van der Waals surface area (Å²) in [5.74, 6) is 1.06. The highest BCUT2D eigenvalue weighted by Gasteiger charge is 2.09. The van der Waals surface area contributed by atoms with Crippen LogP contribution in [0.2, 0.25) is 0 Å². The van der Waals surface area contributed by atoms with Crippen molar-refractivity contribution in [1.82, 2.24) is 4.90 Å². The lowest BCUT2D eigenvalue weighted by molar-refractivity contribution is 0.259. The van der Waals surface area contributed by atoms with Crippen LogP contribution in [0.3, 0.4) is 0 Å². The summed E-state index contributed by atoms with van der Waals surface area (Å²) >= 11 is 0. The summed E-state index contributed by atoms with van der Waals surface area (Å²) in [6.45, 7) is 6.09. The fraction of sp³-hybridized carbons (Fsp3) is 0.429. The molecule has 0 saturated heterocycles. The number of hydrogen-bond donors (Lipinski definition) is 0. The van der Waals surface area contributed by atoms with Gasteiger partial charge in [-0.25, -0.2) is 0 Å². The van der Waals surface area contributed by atoms with E-state index in [2.05, 4.69) is 75.3 Å². The summed E-state index contributed by atoms with van der Waals surface area (Å²) in [5, 5.41) is 0. The molecule has 0 aliphatic heterocycles. The molecule has 0 aromatic heterocycles. The summed E-state index contributed by atoms with van der Waals surface area (Å²) < 4.78 is 6.04. The normalized spacial score (nSPS) is 11.0. The summed E-state index contributed by atoms with van der Waals surface area (Å²) in [6, 6.07) is 15.2. The van der Waals surface area contributed by atoms with Crippen LogP contribution in [0, 0.1) is 6.92 Å². The third-order valence-electron chi connectivity index (χ3n) is 4.07. The molecule has 0 fully saturated rings. The average Bonchev–Trinajstić information content (AvgIpc) is 2.52. The van der Waals surface area contributed by atoms with E-state index in [4.69, 9.17) is 4.74 Å². The lowest BCUT2D eigenvalue weighted by Gasteiger charge is -2.17. The number of nitrogens with zero attached hydrogens (tertiary/aromatic N) is 1. The second-order valence-corrected chi connectivity index (χ2v) is 6.45. The number of likely N-dealkylation sites (N-methyl/N-ethyl adjacent to an activating group) is 1. The molecule has 0 saturated carbocycles. The molecule has 2 heteroatoms. The maximum absolute atomic E-state index is 6.04. The Kier molecular flexibility index (Phi) is 6.66.